The molecule has 20 heavy (non-hydrogen) atoms. The molecule has 0 bridgehead atoms. The quantitative estimate of drug-likeness (QED) is 0.752. The van der Waals surface area contributed by atoms with Gasteiger partial charge in [-0.1, -0.05) is 26.0 Å². The van der Waals surface area contributed by atoms with Crippen LogP contribution in [-0.4, -0.2) is 26.9 Å². The van der Waals surface area contributed by atoms with Gasteiger partial charge in [0.05, 0.1) is 20.3 Å². The summed E-state index contributed by atoms with van der Waals surface area (Å²) >= 11 is 0. The van der Waals surface area contributed by atoms with E-state index < -0.39 is 0 Å². The molecular weight excluding hydrogens is 254 g/mol. The summed E-state index contributed by atoms with van der Waals surface area (Å²) in [6, 6.07) is 7.94. The number of furan rings is 1. The Labute approximate surface area is 120 Å². The summed E-state index contributed by atoms with van der Waals surface area (Å²) in [6.45, 7) is 7.35. The predicted molar refractivity (Wildman–Crippen MR) is 80.1 cm³/mol. The van der Waals surface area contributed by atoms with Gasteiger partial charge in [-0.3, -0.25) is 0 Å². The normalized spacial score (nSPS) is 11.4. The van der Waals surface area contributed by atoms with Crippen molar-refractivity contribution in [1.82, 2.24) is 5.32 Å². The SMILES string of the molecule is COc1cccc2cc(CNCCOCC(C)C)oc12. The third-order valence-electron chi connectivity index (χ3n) is 2.95. The molecule has 1 N–H and O–H groups in total. The van der Waals surface area contributed by atoms with Crippen LogP contribution in [0.1, 0.15) is 19.6 Å². The minimum absolute atomic E-state index is 0.581. The van der Waals surface area contributed by atoms with Gasteiger partial charge < -0.3 is 19.2 Å². The van der Waals surface area contributed by atoms with Crippen LogP contribution in [0.4, 0.5) is 0 Å². The van der Waals surface area contributed by atoms with Gasteiger partial charge >= 0.3 is 0 Å². The first-order chi connectivity index (χ1) is 9.70. The van der Waals surface area contributed by atoms with E-state index in [1.807, 2.05) is 24.3 Å². The molecule has 1 aromatic heterocycles. The molecule has 0 fully saturated rings. The first-order valence-corrected chi connectivity index (χ1v) is 7.04. The van der Waals surface area contributed by atoms with E-state index in [1.165, 1.54) is 0 Å². The summed E-state index contributed by atoms with van der Waals surface area (Å²) < 4.78 is 16.6. The van der Waals surface area contributed by atoms with E-state index in [2.05, 4.69) is 19.2 Å². The third kappa shape index (κ3) is 3.99. The molecule has 4 nitrogen and oxygen atoms in total. The average Bonchev–Trinajstić information content (AvgIpc) is 2.84. The number of hydrogen-bond acceptors (Lipinski definition) is 4. The fourth-order valence-corrected chi connectivity index (χ4v) is 2.01. The Hall–Kier alpha value is -1.52. The summed E-state index contributed by atoms with van der Waals surface area (Å²) in [5, 5.41) is 4.38. The van der Waals surface area contributed by atoms with E-state index in [-0.39, 0.29) is 0 Å². The molecule has 0 spiro atoms. The van der Waals surface area contributed by atoms with Gasteiger partial charge in [0.25, 0.3) is 0 Å². The Kier molecular flexibility index (Phi) is 5.44. The van der Waals surface area contributed by atoms with Crippen LogP contribution in [0.15, 0.2) is 28.7 Å². The Bertz CT molecular complexity index is 534. The van der Waals surface area contributed by atoms with Crippen LogP contribution in [0.25, 0.3) is 11.0 Å². The summed E-state index contributed by atoms with van der Waals surface area (Å²) in [5.41, 5.74) is 0.808. The van der Waals surface area contributed by atoms with Crippen molar-refractivity contribution in [3.05, 3.63) is 30.0 Å². The first-order valence-electron chi connectivity index (χ1n) is 7.04. The molecule has 2 rings (SSSR count). The molecule has 0 amide bonds. The van der Waals surface area contributed by atoms with Crippen molar-refractivity contribution in [2.24, 2.45) is 5.92 Å². The Morgan fingerprint density at radius 2 is 2.15 bits per heavy atom. The molecule has 0 radical (unpaired) electrons. The van der Waals surface area contributed by atoms with Crippen molar-refractivity contribution in [3.63, 3.8) is 0 Å². The lowest BCUT2D eigenvalue weighted by atomic mass is 10.2. The fourth-order valence-electron chi connectivity index (χ4n) is 2.01. The zero-order valence-electron chi connectivity index (χ0n) is 12.4. The van der Waals surface area contributed by atoms with Crippen molar-refractivity contribution in [3.8, 4) is 5.75 Å². The van der Waals surface area contributed by atoms with Gasteiger partial charge in [-0.2, -0.15) is 0 Å². The maximum Gasteiger partial charge on any atom is 0.176 e. The second kappa shape index (κ2) is 7.31. The lowest BCUT2D eigenvalue weighted by Gasteiger charge is -2.06. The van der Waals surface area contributed by atoms with E-state index >= 15 is 0 Å². The number of nitrogens with one attached hydrogen (secondary N) is 1. The van der Waals surface area contributed by atoms with E-state index in [4.69, 9.17) is 13.9 Å². The highest BCUT2D eigenvalue weighted by Crippen LogP contribution is 2.28. The van der Waals surface area contributed by atoms with E-state index in [0.717, 1.165) is 42.2 Å². The molecule has 0 saturated heterocycles. The van der Waals surface area contributed by atoms with Gasteiger partial charge in [-0.25, -0.2) is 0 Å². The topological polar surface area (TPSA) is 43.6 Å². The van der Waals surface area contributed by atoms with Crippen LogP contribution >= 0.6 is 0 Å². The molecule has 0 saturated carbocycles. The fraction of sp³-hybridized carbons (Fsp3) is 0.500. The minimum atomic E-state index is 0.581. The number of fused-ring (bicyclic) bond motifs is 1. The summed E-state index contributed by atoms with van der Waals surface area (Å²) in [4.78, 5) is 0. The van der Waals surface area contributed by atoms with Gasteiger partial charge in [0.15, 0.2) is 11.3 Å². The lowest BCUT2D eigenvalue weighted by molar-refractivity contribution is 0.111. The van der Waals surface area contributed by atoms with Crippen LogP contribution in [0.2, 0.25) is 0 Å². The van der Waals surface area contributed by atoms with E-state index in [9.17, 15) is 0 Å². The Morgan fingerprint density at radius 1 is 1.30 bits per heavy atom. The van der Waals surface area contributed by atoms with Gasteiger partial charge in [-0.05, 0) is 18.1 Å². The van der Waals surface area contributed by atoms with Crippen LogP contribution in [0.3, 0.4) is 0 Å². The van der Waals surface area contributed by atoms with Crippen LogP contribution < -0.4 is 10.1 Å². The first kappa shape index (κ1) is 14.9. The molecule has 0 unspecified atom stereocenters. The van der Waals surface area contributed by atoms with Crippen LogP contribution in [0, 0.1) is 5.92 Å². The highest BCUT2D eigenvalue weighted by molar-refractivity contribution is 5.83. The van der Waals surface area contributed by atoms with Gasteiger partial charge in [0.1, 0.15) is 5.76 Å². The minimum Gasteiger partial charge on any atom is -0.493 e. The number of benzene rings is 1. The largest absolute Gasteiger partial charge is 0.493 e. The smallest absolute Gasteiger partial charge is 0.176 e. The number of para-hydroxylation sites is 1. The van der Waals surface area contributed by atoms with Gasteiger partial charge in [0.2, 0.25) is 0 Å². The maximum atomic E-state index is 5.81. The van der Waals surface area contributed by atoms with Gasteiger partial charge in [-0.15, -0.1) is 0 Å². The second-order valence-electron chi connectivity index (χ2n) is 5.24. The molecule has 0 aliphatic heterocycles. The summed E-state index contributed by atoms with van der Waals surface area (Å²) in [6.07, 6.45) is 0. The molecule has 0 aliphatic rings. The summed E-state index contributed by atoms with van der Waals surface area (Å²) in [7, 11) is 1.65. The molecule has 0 atom stereocenters. The molecular formula is C16H23NO3. The Morgan fingerprint density at radius 3 is 2.90 bits per heavy atom. The predicted octanol–water partition coefficient (Wildman–Crippen LogP) is 3.20. The van der Waals surface area contributed by atoms with Crippen molar-refractivity contribution in [2.75, 3.05) is 26.9 Å². The van der Waals surface area contributed by atoms with E-state index in [0.29, 0.717) is 12.5 Å². The highest BCUT2D eigenvalue weighted by Gasteiger charge is 2.07. The zero-order chi connectivity index (χ0) is 14.4. The monoisotopic (exact) mass is 277 g/mol. The molecule has 0 aliphatic carbocycles. The van der Waals surface area contributed by atoms with Crippen molar-refractivity contribution < 1.29 is 13.9 Å². The molecule has 1 heterocycles. The maximum absolute atomic E-state index is 5.81. The number of hydrogen-bond donors (Lipinski definition) is 1. The molecule has 2 aromatic rings. The molecule has 4 heteroatoms. The second-order valence-corrected chi connectivity index (χ2v) is 5.24. The van der Waals surface area contributed by atoms with Crippen LogP contribution in [0.5, 0.6) is 5.75 Å². The molecule has 110 valence electrons. The number of ether oxygens (including phenoxy) is 2. The molecule has 1 aromatic carbocycles. The van der Waals surface area contributed by atoms with Gasteiger partial charge in [0, 0.05) is 18.5 Å². The third-order valence-corrected chi connectivity index (χ3v) is 2.95. The van der Waals surface area contributed by atoms with Crippen molar-refractivity contribution in [2.45, 2.75) is 20.4 Å². The van der Waals surface area contributed by atoms with Crippen molar-refractivity contribution >= 4 is 11.0 Å². The zero-order valence-corrected chi connectivity index (χ0v) is 12.4. The van der Waals surface area contributed by atoms with E-state index in [1.54, 1.807) is 7.11 Å². The van der Waals surface area contributed by atoms with Crippen molar-refractivity contribution in [1.29, 1.82) is 0 Å². The summed E-state index contributed by atoms with van der Waals surface area (Å²) in [5.74, 6) is 2.26. The average molecular weight is 277 g/mol. The lowest BCUT2D eigenvalue weighted by Crippen LogP contribution is -2.19. The Balaban J connectivity index is 1.82. The standard InChI is InChI=1S/C16H23NO3/c1-12(2)11-19-8-7-17-10-14-9-13-5-4-6-15(18-3)16(13)20-14/h4-6,9,12,17H,7-8,10-11H2,1-3H3. The van der Waals surface area contributed by atoms with Crippen LogP contribution in [-0.2, 0) is 11.3 Å². The highest BCUT2D eigenvalue weighted by atomic mass is 16.5. The number of rotatable bonds is 8. The number of methoxy groups -OCH3 is 1.